The van der Waals surface area contributed by atoms with Crippen molar-refractivity contribution in [3.05, 3.63) is 0 Å². The molecule has 5 nitrogen and oxygen atoms in total. The van der Waals surface area contributed by atoms with E-state index in [-0.39, 0.29) is 0 Å². The fraction of sp³-hybridized carbons (Fsp3) is 1.00. The van der Waals surface area contributed by atoms with Gasteiger partial charge in [0.15, 0.2) is 0 Å². The molecule has 0 radical (unpaired) electrons. The van der Waals surface area contributed by atoms with Crippen LogP contribution in [0.3, 0.4) is 0 Å². The van der Waals surface area contributed by atoms with Crippen molar-refractivity contribution >= 4 is 0 Å². The van der Waals surface area contributed by atoms with Gasteiger partial charge in [-0.15, -0.1) is 0 Å². The first-order chi connectivity index (χ1) is 12.1. The van der Waals surface area contributed by atoms with Crippen LogP contribution in [-0.4, -0.2) is 88.1 Å². The van der Waals surface area contributed by atoms with Gasteiger partial charge in [-0.25, -0.2) is 0 Å². The van der Waals surface area contributed by atoms with Crippen LogP contribution in [0.1, 0.15) is 47.0 Å². The molecule has 0 atom stereocenters. The van der Waals surface area contributed by atoms with Gasteiger partial charge in [-0.05, 0) is 12.3 Å². The van der Waals surface area contributed by atoms with Gasteiger partial charge in [-0.1, -0.05) is 40.5 Å². The summed E-state index contributed by atoms with van der Waals surface area (Å²) in [7, 11) is 0. The lowest BCUT2D eigenvalue weighted by atomic mass is 10.1. The summed E-state index contributed by atoms with van der Waals surface area (Å²) in [6, 6.07) is 0.542. The maximum absolute atomic E-state index is 5.78. The Bertz CT molecular complexity index is 293. The summed E-state index contributed by atoms with van der Waals surface area (Å²) in [4.78, 5) is 5.04. The van der Waals surface area contributed by atoms with Gasteiger partial charge in [-0.2, -0.15) is 0 Å². The van der Waals surface area contributed by atoms with E-state index in [4.69, 9.17) is 9.47 Å². The number of nitrogens with one attached hydrogen (secondary N) is 1. The van der Waals surface area contributed by atoms with Gasteiger partial charge in [0.25, 0.3) is 0 Å². The van der Waals surface area contributed by atoms with E-state index in [1.807, 2.05) is 0 Å². The average molecular weight is 358 g/mol. The molecule has 1 fully saturated rings. The number of hydrogen-bond donors (Lipinski definition) is 1. The van der Waals surface area contributed by atoms with Crippen molar-refractivity contribution in [2.24, 2.45) is 5.92 Å². The summed E-state index contributed by atoms with van der Waals surface area (Å²) in [6.07, 6.45) is 3.83. The maximum Gasteiger partial charge on any atom is 0.0594 e. The fourth-order valence-electron chi connectivity index (χ4n) is 3.00. The highest BCUT2D eigenvalue weighted by molar-refractivity contribution is 4.71. The highest BCUT2D eigenvalue weighted by Gasteiger charge is 2.15. The van der Waals surface area contributed by atoms with Gasteiger partial charge in [0.2, 0.25) is 0 Å². The minimum absolute atomic E-state index is 0.542. The molecule has 1 aliphatic heterocycles. The molecule has 0 saturated carbocycles. The number of piperazine rings is 1. The van der Waals surface area contributed by atoms with Gasteiger partial charge < -0.3 is 14.8 Å². The summed E-state index contributed by atoms with van der Waals surface area (Å²) in [5, 5.41) is 3.37. The lowest BCUT2D eigenvalue weighted by Gasteiger charge is -2.34. The first kappa shape index (κ1) is 22.8. The Kier molecular flexibility index (Phi) is 13.6. The molecule has 25 heavy (non-hydrogen) atoms. The normalized spacial score (nSPS) is 17.0. The van der Waals surface area contributed by atoms with E-state index in [1.165, 1.54) is 19.3 Å². The van der Waals surface area contributed by atoms with Crippen molar-refractivity contribution in [2.75, 3.05) is 72.2 Å². The second-order valence-corrected chi connectivity index (χ2v) is 7.91. The number of ether oxygens (including phenoxy) is 2. The van der Waals surface area contributed by atoms with E-state index in [2.05, 4.69) is 42.8 Å². The lowest BCUT2D eigenvalue weighted by molar-refractivity contribution is 0.0563. The van der Waals surface area contributed by atoms with Crippen LogP contribution >= 0.6 is 0 Å². The highest BCUT2D eigenvalue weighted by Crippen LogP contribution is 2.06. The summed E-state index contributed by atoms with van der Waals surface area (Å²) < 4.78 is 11.5. The van der Waals surface area contributed by atoms with Gasteiger partial charge >= 0.3 is 0 Å². The molecule has 1 N–H and O–H groups in total. The zero-order valence-corrected chi connectivity index (χ0v) is 17.3. The quantitative estimate of drug-likeness (QED) is 0.456. The predicted molar refractivity (Wildman–Crippen MR) is 106 cm³/mol. The Morgan fingerprint density at radius 1 is 0.760 bits per heavy atom. The molecule has 1 aliphatic rings. The van der Waals surface area contributed by atoms with Crippen LogP contribution in [0.25, 0.3) is 0 Å². The first-order valence-electron chi connectivity index (χ1n) is 10.4. The maximum atomic E-state index is 5.78. The molecule has 0 aromatic carbocycles. The Morgan fingerprint density at radius 2 is 1.32 bits per heavy atom. The minimum Gasteiger partial charge on any atom is -0.380 e. The molecule has 1 heterocycles. The number of rotatable bonds is 15. The molecule has 0 amide bonds. The smallest absolute Gasteiger partial charge is 0.0594 e. The minimum atomic E-state index is 0.542. The van der Waals surface area contributed by atoms with E-state index in [0.717, 1.165) is 78.2 Å². The van der Waals surface area contributed by atoms with E-state index >= 15 is 0 Å². The Balaban J connectivity index is 1.87. The van der Waals surface area contributed by atoms with Crippen LogP contribution in [0.4, 0.5) is 0 Å². The predicted octanol–water partition coefficient (Wildman–Crippen LogP) is 2.46. The zero-order valence-electron chi connectivity index (χ0n) is 17.3. The van der Waals surface area contributed by atoms with Crippen LogP contribution < -0.4 is 5.32 Å². The first-order valence-corrected chi connectivity index (χ1v) is 10.4. The summed E-state index contributed by atoms with van der Waals surface area (Å²) in [5.41, 5.74) is 0. The second-order valence-electron chi connectivity index (χ2n) is 7.91. The fourth-order valence-corrected chi connectivity index (χ4v) is 3.00. The molecule has 5 heteroatoms. The van der Waals surface area contributed by atoms with Crippen molar-refractivity contribution in [3.63, 3.8) is 0 Å². The van der Waals surface area contributed by atoms with E-state index in [9.17, 15) is 0 Å². The summed E-state index contributed by atoms with van der Waals surface area (Å²) in [6.45, 7) is 20.1. The van der Waals surface area contributed by atoms with Crippen LogP contribution in [0.5, 0.6) is 0 Å². The van der Waals surface area contributed by atoms with Crippen molar-refractivity contribution < 1.29 is 9.47 Å². The van der Waals surface area contributed by atoms with Gasteiger partial charge in [0.1, 0.15) is 0 Å². The molecule has 0 spiro atoms. The van der Waals surface area contributed by atoms with Crippen LogP contribution in [0.2, 0.25) is 0 Å². The van der Waals surface area contributed by atoms with E-state index in [0.29, 0.717) is 6.04 Å². The molecule has 0 aromatic heterocycles. The van der Waals surface area contributed by atoms with Crippen molar-refractivity contribution in [2.45, 2.75) is 53.0 Å². The van der Waals surface area contributed by atoms with Crippen molar-refractivity contribution in [1.29, 1.82) is 0 Å². The van der Waals surface area contributed by atoms with Gasteiger partial charge in [0, 0.05) is 58.5 Å². The molecule has 1 rings (SSSR count). The summed E-state index contributed by atoms with van der Waals surface area (Å²) in [5.74, 6) is 0.818. The Morgan fingerprint density at radius 3 is 1.84 bits per heavy atom. The third-order valence-electron chi connectivity index (χ3n) is 4.69. The third kappa shape index (κ3) is 13.6. The summed E-state index contributed by atoms with van der Waals surface area (Å²) >= 11 is 0. The highest BCUT2D eigenvalue weighted by atomic mass is 16.5. The van der Waals surface area contributed by atoms with Crippen LogP contribution in [-0.2, 0) is 9.47 Å². The molecule has 0 bridgehead atoms. The lowest BCUT2D eigenvalue weighted by Crippen LogP contribution is -2.48. The van der Waals surface area contributed by atoms with Crippen molar-refractivity contribution in [3.8, 4) is 0 Å². The molecule has 0 unspecified atom stereocenters. The van der Waals surface area contributed by atoms with Gasteiger partial charge in [0.05, 0.1) is 19.8 Å². The Hall–Kier alpha value is -0.200. The molecular weight excluding hydrogens is 314 g/mol. The Labute approximate surface area is 156 Å². The van der Waals surface area contributed by atoms with E-state index in [1.54, 1.807) is 0 Å². The van der Waals surface area contributed by atoms with E-state index < -0.39 is 0 Å². The third-order valence-corrected chi connectivity index (χ3v) is 4.69. The number of unbranched alkanes of at least 4 members (excludes halogenated alkanes) is 1. The zero-order chi connectivity index (χ0) is 18.3. The van der Waals surface area contributed by atoms with Crippen molar-refractivity contribution in [1.82, 2.24) is 15.1 Å². The topological polar surface area (TPSA) is 37.0 Å². The number of nitrogens with zero attached hydrogens (tertiary/aromatic N) is 2. The monoisotopic (exact) mass is 357 g/mol. The SMILES string of the molecule is CC(C)CCCCOCCN1CCN(CCOCCNC(C)C)CC1. The standard InChI is InChI=1S/C20H43N3O2/c1-19(2)7-5-6-15-24-17-13-22-9-11-23(12-10-22)14-18-25-16-8-21-20(3)4/h19-21H,5-18H2,1-4H3. The molecule has 1 saturated heterocycles. The largest absolute Gasteiger partial charge is 0.380 e. The van der Waals surface area contributed by atoms with Crippen LogP contribution in [0.15, 0.2) is 0 Å². The number of hydrogen-bond acceptors (Lipinski definition) is 5. The molecule has 150 valence electrons. The molecule has 0 aromatic rings. The molecule has 0 aliphatic carbocycles. The molecular formula is C20H43N3O2. The average Bonchev–Trinajstić information content (AvgIpc) is 2.58. The van der Waals surface area contributed by atoms with Crippen LogP contribution in [0, 0.1) is 5.92 Å². The van der Waals surface area contributed by atoms with Gasteiger partial charge in [-0.3, -0.25) is 9.80 Å². The second kappa shape index (κ2) is 14.9.